The molecule has 7 nitrogen and oxygen atoms in total. The second kappa shape index (κ2) is 10.6. The van der Waals surface area contributed by atoms with Crippen LogP contribution in [0.4, 0.5) is 20.2 Å². The van der Waals surface area contributed by atoms with E-state index in [1.165, 1.54) is 34.9 Å². The minimum absolute atomic E-state index is 0.196. The number of pyridine rings is 1. The zero-order valence-corrected chi connectivity index (χ0v) is 21.3. The number of benzene rings is 2. The van der Waals surface area contributed by atoms with E-state index in [0.29, 0.717) is 41.4 Å². The van der Waals surface area contributed by atoms with Crippen LogP contribution in [-0.4, -0.2) is 38.0 Å². The smallest absolute Gasteiger partial charge is 0.257 e. The molecule has 1 N–H and O–H groups in total. The summed E-state index contributed by atoms with van der Waals surface area (Å²) in [5, 5.41) is 3.18. The highest BCUT2D eigenvalue weighted by molar-refractivity contribution is 6.00. The molecule has 196 valence electrons. The van der Waals surface area contributed by atoms with Crippen LogP contribution in [0.1, 0.15) is 46.1 Å². The van der Waals surface area contributed by atoms with Gasteiger partial charge in [-0.1, -0.05) is 12.1 Å². The molecule has 0 unspecified atom stereocenters. The largest absolute Gasteiger partial charge is 0.354 e. The van der Waals surface area contributed by atoms with Gasteiger partial charge < -0.3 is 19.4 Å². The van der Waals surface area contributed by atoms with Crippen molar-refractivity contribution in [3.63, 3.8) is 0 Å². The Hall–Kier alpha value is -4.27. The number of nitrogens with one attached hydrogen (secondary N) is 1. The molecular weight excluding hydrogens is 488 g/mol. The minimum Gasteiger partial charge on any atom is -0.354 e. The standard InChI is InChI=1S/C29H29F2N5O2/c1-19-15-23(31)7-8-25(19)33-26-16-28(37)36(18-27-32-11-14-34(27)2)17-24(26)29(38)35-12-9-21(10-13-35)20-3-5-22(30)6-4-20/h3-8,11,14-17,21,33H,9-10,12-13,18H2,1-2H3. The first-order chi connectivity index (χ1) is 18.3. The highest BCUT2D eigenvalue weighted by Crippen LogP contribution is 2.30. The molecule has 5 rings (SSSR count). The Morgan fingerprint density at radius 1 is 1.03 bits per heavy atom. The number of hydrogen-bond acceptors (Lipinski definition) is 4. The molecule has 0 atom stereocenters. The number of piperidine rings is 1. The molecule has 1 saturated heterocycles. The fourth-order valence-electron chi connectivity index (χ4n) is 4.91. The predicted octanol–water partition coefficient (Wildman–Crippen LogP) is 4.98. The van der Waals surface area contributed by atoms with Gasteiger partial charge in [0.05, 0.1) is 17.8 Å². The highest BCUT2D eigenvalue weighted by Gasteiger charge is 2.27. The van der Waals surface area contributed by atoms with Crippen LogP contribution in [0.25, 0.3) is 0 Å². The third kappa shape index (κ3) is 5.37. The number of aromatic nitrogens is 3. The van der Waals surface area contributed by atoms with Crippen molar-refractivity contribution >= 4 is 17.3 Å². The van der Waals surface area contributed by atoms with Crippen molar-refractivity contribution in [2.75, 3.05) is 18.4 Å². The van der Waals surface area contributed by atoms with Crippen molar-refractivity contribution in [2.24, 2.45) is 7.05 Å². The lowest BCUT2D eigenvalue weighted by molar-refractivity contribution is 0.0713. The summed E-state index contributed by atoms with van der Waals surface area (Å²) in [6, 6.07) is 12.3. The van der Waals surface area contributed by atoms with E-state index in [4.69, 9.17) is 0 Å². The summed E-state index contributed by atoms with van der Waals surface area (Å²) >= 11 is 0. The highest BCUT2D eigenvalue weighted by atomic mass is 19.1. The zero-order chi connectivity index (χ0) is 26.8. The number of carbonyl (C=O) groups excluding carboxylic acids is 1. The van der Waals surface area contributed by atoms with Gasteiger partial charge in [0.15, 0.2) is 0 Å². The van der Waals surface area contributed by atoms with E-state index in [1.807, 2.05) is 11.6 Å². The molecule has 0 bridgehead atoms. The fourth-order valence-corrected chi connectivity index (χ4v) is 4.91. The number of carbonyl (C=O) groups is 1. The molecule has 0 saturated carbocycles. The molecule has 1 fully saturated rings. The zero-order valence-electron chi connectivity index (χ0n) is 21.3. The molecule has 1 aliphatic rings. The summed E-state index contributed by atoms with van der Waals surface area (Å²) in [5.74, 6) is 0.105. The van der Waals surface area contributed by atoms with E-state index >= 15 is 0 Å². The molecule has 3 heterocycles. The predicted molar refractivity (Wildman–Crippen MR) is 142 cm³/mol. The van der Waals surface area contributed by atoms with Gasteiger partial charge in [-0.05, 0) is 67.1 Å². The molecule has 2 aromatic heterocycles. The van der Waals surface area contributed by atoms with E-state index in [0.717, 1.165) is 18.4 Å². The van der Waals surface area contributed by atoms with Crippen LogP contribution in [0.5, 0.6) is 0 Å². The number of nitrogens with zero attached hydrogens (tertiary/aromatic N) is 4. The SMILES string of the molecule is Cc1cc(F)ccc1Nc1cc(=O)n(Cc2nccn2C)cc1C(=O)N1CCC(c2ccc(F)cc2)CC1. The number of halogens is 2. The second-order valence-electron chi connectivity index (χ2n) is 9.72. The molecule has 0 aliphatic carbocycles. The summed E-state index contributed by atoms with van der Waals surface area (Å²) < 4.78 is 30.3. The molecule has 2 aromatic carbocycles. The lowest BCUT2D eigenvalue weighted by Crippen LogP contribution is -2.39. The van der Waals surface area contributed by atoms with Crippen molar-refractivity contribution in [2.45, 2.75) is 32.2 Å². The Morgan fingerprint density at radius 3 is 2.39 bits per heavy atom. The van der Waals surface area contributed by atoms with Gasteiger partial charge in [0.2, 0.25) is 0 Å². The van der Waals surface area contributed by atoms with Crippen LogP contribution in [-0.2, 0) is 13.6 Å². The maximum atomic E-state index is 13.8. The van der Waals surface area contributed by atoms with Gasteiger partial charge in [0.25, 0.3) is 11.5 Å². The Balaban J connectivity index is 1.44. The third-order valence-corrected chi connectivity index (χ3v) is 7.17. The van der Waals surface area contributed by atoms with Gasteiger partial charge in [-0.15, -0.1) is 0 Å². The van der Waals surface area contributed by atoms with Crippen molar-refractivity contribution in [1.82, 2.24) is 19.0 Å². The number of anilines is 2. The van der Waals surface area contributed by atoms with E-state index < -0.39 is 0 Å². The average molecular weight is 518 g/mol. The lowest BCUT2D eigenvalue weighted by atomic mass is 9.89. The molecule has 0 spiro atoms. The Labute approximate surface area is 219 Å². The number of imidazole rings is 1. The molecule has 4 aromatic rings. The number of hydrogen-bond donors (Lipinski definition) is 1. The summed E-state index contributed by atoms with van der Waals surface area (Å²) in [5.41, 5.74) is 2.75. The Bertz CT molecular complexity index is 1520. The number of rotatable bonds is 6. The first-order valence-electron chi connectivity index (χ1n) is 12.6. The van der Waals surface area contributed by atoms with Crippen molar-refractivity contribution in [3.05, 3.63) is 112 Å². The van der Waals surface area contributed by atoms with Crippen LogP contribution in [0.3, 0.4) is 0 Å². The fraction of sp³-hybridized carbons (Fsp3) is 0.276. The monoisotopic (exact) mass is 517 g/mol. The van der Waals surface area contributed by atoms with Crippen LogP contribution in [0, 0.1) is 18.6 Å². The second-order valence-corrected chi connectivity index (χ2v) is 9.72. The summed E-state index contributed by atoms with van der Waals surface area (Å²) in [6.45, 7) is 3.04. The maximum Gasteiger partial charge on any atom is 0.257 e. The van der Waals surface area contributed by atoms with Gasteiger partial charge in [-0.3, -0.25) is 9.59 Å². The number of likely N-dealkylation sites (tertiary alicyclic amines) is 1. The molecule has 1 aliphatic heterocycles. The minimum atomic E-state index is -0.362. The van der Waals surface area contributed by atoms with Crippen molar-refractivity contribution in [3.8, 4) is 0 Å². The number of amides is 1. The van der Waals surface area contributed by atoms with E-state index in [-0.39, 0.29) is 35.6 Å². The van der Waals surface area contributed by atoms with Crippen molar-refractivity contribution in [1.29, 1.82) is 0 Å². The molecular formula is C29H29F2N5O2. The Kier molecular flexibility index (Phi) is 7.09. The normalized spacial score (nSPS) is 14.1. The molecule has 9 heteroatoms. The van der Waals surface area contributed by atoms with Gasteiger partial charge >= 0.3 is 0 Å². The topological polar surface area (TPSA) is 72.2 Å². The molecule has 0 radical (unpaired) electrons. The Morgan fingerprint density at radius 2 is 1.74 bits per heavy atom. The number of aryl methyl sites for hydroxylation is 2. The first-order valence-corrected chi connectivity index (χ1v) is 12.6. The summed E-state index contributed by atoms with van der Waals surface area (Å²) in [7, 11) is 1.85. The maximum absolute atomic E-state index is 13.8. The average Bonchev–Trinajstić information content (AvgIpc) is 3.31. The van der Waals surface area contributed by atoms with Crippen LogP contribution < -0.4 is 10.9 Å². The van der Waals surface area contributed by atoms with E-state index in [1.54, 1.807) is 48.6 Å². The summed E-state index contributed by atoms with van der Waals surface area (Å²) in [6.07, 6.45) is 6.54. The van der Waals surface area contributed by atoms with Gasteiger partial charge in [-0.2, -0.15) is 0 Å². The van der Waals surface area contributed by atoms with Crippen LogP contribution >= 0.6 is 0 Å². The molecule has 1 amide bonds. The van der Waals surface area contributed by atoms with Gasteiger partial charge in [0, 0.05) is 50.5 Å². The van der Waals surface area contributed by atoms with E-state index in [2.05, 4.69) is 10.3 Å². The van der Waals surface area contributed by atoms with Gasteiger partial charge in [-0.25, -0.2) is 13.8 Å². The van der Waals surface area contributed by atoms with Crippen LogP contribution in [0.2, 0.25) is 0 Å². The summed E-state index contributed by atoms with van der Waals surface area (Å²) in [4.78, 5) is 33.0. The molecule has 38 heavy (non-hydrogen) atoms. The quantitative estimate of drug-likeness (QED) is 0.392. The lowest BCUT2D eigenvalue weighted by Gasteiger charge is -2.33. The van der Waals surface area contributed by atoms with Crippen LogP contribution in [0.15, 0.2) is 71.9 Å². The first kappa shape index (κ1) is 25.4. The van der Waals surface area contributed by atoms with Gasteiger partial charge in [0.1, 0.15) is 17.5 Å². The van der Waals surface area contributed by atoms with E-state index in [9.17, 15) is 18.4 Å². The van der Waals surface area contributed by atoms with Crippen molar-refractivity contribution < 1.29 is 13.6 Å². The third-order valence-electron chi connectivity index (χ3n) is 7.17.